The minimum Gasteiger partial charge on any atom is -0.370 e. The van der Waals surface area contributed by atoms with Crippen molar-refractivity contribution in [1.82, 2.24) is 5.32 Å². The summed E-state index contributed by atoms with van der Waals surface area (Å²) >= 11 is 9.78. The zero-order chi connectivity index (χ0) is 13.0. The Morgan fingerprint density at radius 1 is 1.50 bits per heavy atom. The van der Waals surface area contributed by atoms with Crippen LogP contribution in [0.15, 0.2) is 22.7 Å². The summed E-state index contributed by atoms with van der Waals surface area (Å²) in [7, 11) is 0. The second kappa shape index (κ2) is 6.78. The van der Waals surface area contributed by atoms with E-state index in [0.29, 0.717) is 0 Å². The van der Waals surface area contributed by atoms with Gasteiger partial charge in [-0.2, -0.15) is 0 Å². The molecule has 0 aromatic heterocycles. The Morgan fingerprint density at radius 2 is 2.33 bits per heavy atom. The van der Waals surface area contributed by atoms with E-state index in [-0.39, 0.29) is 0 Å². The summed E-state index contributed by atoms with van der Waals surface area (Å²) in [6.45, 7) is 6.65. The van der Waals surface area contributed by atoms with E-state index < -0.39 is 0 Å². The third-order valence-corrected chi connectivity index (χ3v) is 4.21. The van der Waals surface area contributed by atoms with Crippen LogP contribution in [0.5, 0.6) is 0 Å². The summed E-state index contributed by atoms with van der Waals surface area (Å²) in [5.41, 5.74) is 1.16. The highest BCUT2D eigenvalue weighted by Gasteiger charge is 2.23. The van der Waals surface area contributed by atoms with Crippen molar-refractivity contribution in [3.63, 3.8) is 0 Å². The van der Waals surface area contributed by atoms with Crippen LogP contribution in [-0.2, 0) is 0 Å². The Hall–Kier alpha value is -0.250. The predicted octanol–water partition coefficient (Wildman–Crippen LogP) is 3.93. The summed E-state index contributed by atoms with van der Waals surface area (Å²) in [5, 5.41) is 4.35. The third kappa shape index (κ3) is 3.62. The lowest BCUT2D eigenvalue weighted by Crippen LogP contribution is -2.26. The first-order chi connectivity index (χ1) is 8.70. The SMILES string of the molecule is CCCNCC1CCN(c2cc(Br)ccc2Cl)C1. The molecule has 2 nitrogen and oxygen atoms in total. The number of nitrogens with zero attached hydrogens (tertiary/aromatic N) is 1. The molecule has 1 N–H and O–H groups in total. The standard InChI is InChI=1S/C14H20BrClN2/c1-2-6-17-9-11-5-7-18(10-11)14-8-12(15)3-4-13(14)16/h3-4,8,11,17H,2,5-7,9-10H2,1H3. The molecular formula is C14H20BrClN2. The average molecular weight is 332 g/mol. The van der Waals surface area contributed by atoms with Crippen LogP contribution in [-0.4, -0.2) is 26.2 Å². The largest absolute Gasteiger partial charge is 0.370 e. The summed E-state index contributed by atoms with van der Waals surface area (Å²) in [6, 6.07) is 6.07. The number of halogens is 2. The first-order valence-electron chi connectivity index (χ1n) is 6.61. The predicted molar refractivity (Wildman–Crippen MR) is 82.6 cm³/mol. The molecule has 1 aliphatic heterocycles. The highest BCUT2D eigenvalue weighted by Crippen LogP contribution is 2.32. The van der Waals surface area contributed by atoms with Crippen LogP contribution in [0.4, 0.5) is 5.69 Å². The molecule has 2 rings (SSSR count). The Morgan fingerprint density at radius 3 is 3.11 bits per heavy atom. The van der Waals surface area contributed by atoms with Crippen molar-refractivity contribution in [2.75, 3.05) is 31.1 Å². The Bertz CT molecular complexity index is 397. The molecule has 0 amide bonds. The molecule has 1 aromatic rings. The smallest absolute Gasteiger partial charge is 0.0640 e. The van der Waals surface area contributed by atoms with Crippen LogP contribution in [0.25, 0.3) is 0 Å². The van der Waals surface area contributed by atoms with Crippen LogP contribution >= 0.6 is 27.5 Å². The van der Waals surface area contributed by atoms with Gasteiger partial charge in [0.15, 0.2) is 0 Å². The molecule has 1 aliphatic rings. The van der Waals surface area contributed by atoms with E-state index in [9.17, 15) is 0 Å². The van der Waals surface area contributed by atoms with E-state index in [1.165, 1.54) is 12.8 Å². The van der Waals surface area contributed by atoms with Gasteiger partial charge in [0.2, 0.25) is 0 Å². The number of benzene rings is 1. The van der Waals surface area contributed by atoms with Crippen molar-refractivity contribution < 1.29 is 0 Å². The molecule has 4 heteroatoms. The summed E-state index contributed by atoms with van der Waals surface area (Å²) in [5.74, 6) is 0.742. The van der Waals surface area contributed by atoms with Gasteiger partial charge >= 0.3 is 0 Å². The van der Waals surface area contributed by atoms with Crippen molar-refractivity contribution >= 4 is 33.2 Å². The second-order valence-electron chi connectivity index (χ2n) is 4.90. The molecule has 0 bridgehead atoms. The number of nitrogens with one attached hydrogen (secondary N) is 1. The summed E-state index contributed by atoms with van der Waals surface area (Å²) in [4.78, 5) is 2.39. The molecule has 0 saturated carbocycles. The molecule has 1 aromatic carbocycles. The Balaban J connectivity index is 1.93. The lowest BCUT2D eigenvalue weighted by molar-refractivity contribution is 0.516. The van der Waals surface area contributed by atoms with Gasteiger partial charge < -0.3 is 10.2 Å². The van der Waals surface area contributed by atoms with Gasteiger partial charge in [-0.15, -0.1) is 0 Å². The molecule has 100 valence electrons. The average Bonchev–Trinajstić information content (AvgIpc) is 2.81. The van der Waals surface area contributed by atoms with E-state index in [2.05, 4.69) is 39.1 Å². The van der Waals surface area contributed by atoms with Gasteiger partial charge in [-0.25, -0.2) is 0 Å². The maximum Gasteiger partial charge on any atom is 0.0640 e. The van der Waals surface area contributed by atoms with Crippen molar-refractivity contribution in [3.8, 4) is 0 Å². The van der Waals surface area contributed by atoms with Gasteiger partial charge in [-0.05, 0) is 50.0 Å². The van der Waals surface area contributed by atoms with Crippen LogP contribution < -0.4 is 10.2 Å². The van der Waals surface area contributed by atoms with Crippen LogP contribution in [0.3, 0.4) is 0 Å². The fraction of sp³-hybridized carbons (Fsp3) is 0.571. The van der Waals surface area contributed by atoms with Crippen molar-refractivity contribution in [1.29, 1.82) is 0 Å². The van der Waals surface area contributed by atoms with Crippen LogP contribution in [0, 0.1) is 5.92 Å². The molecule has 0 spiro atoms. The van der Waals surface area contributed by atoms with Crippen molar-refractivity contribution in [2.45, 2.75) is 19.8 Å². The molecule has 1 heterocycles. The first kappa shape index (κ1) is 14.2. The Labute approximate surface area is 123 Å². The van der Waals surface area contributed by atoms with Crippen LogP contribution in [0.1, 0.15) is 19.8 Å². The first-order valence-corrected chi connectivity index (χ1v) is 7.78. The molecule has 0 aliphatic carbocycles. The monoisotopic (exact) mass is 330 g/mol. The maximum atomic E-state index is 6.27. The number of rotatable bonds is 5. The lowest BCUT2D eigenvalue weighted by Gasteiger charge is -2.20. The van der Waals surface area contributed by atoms with E-state index in [4.69, 9.17) is 11.6 Å². The molecule has 0 radical (unpaired) electrons. The van der Waals surface area contributed by atoms with Gasteiger partial charge in [0.25, 0.3) is 0 Å². The molecular weight excluding hydrogens is 312 g/mol. The highest BCUT2D eigenvalue weighted by molar-refractivity contribution is 9.10. The quantitative estimate of drug-likeness (QED) is 0.823. The third-order valence-electron chi connectivity index (χ3n) is 3.39. The second-order valence-corrected chi connectivity index (χ2v) is 6.22. The molecule has 1 saturated heterocycles. The molecule has 1 fully saturated rings. The number of hydrogen-bond acceptors (Lipinski definition) is 2. The maximum absolute atomic E-state index is 6.27. The van der Waals surface area contributed by atoms with Crippen molar-refractivity contribution in [3.05, 3.63) is 27.7 Å². The highest BCUT2D eigenvalue weighted by atomic mass is 79.9. The van der Waals surface area contributed by atoms with Crippen molar-refractivity contribution in [2.24, 2.45) is 5.92 Å². The Kier molecular flexibility index (Phi) is 5.34. The van der Waals surface area contributed by atoms with Gasteiger partial charge in [0.05, 0.1) is 10.7 Å². The normalized spacial score (nSPS) is 19.5. The minimum absolute atomic E-state index is 0.742. The number of hydrogen-bond donors (Lipinski definition) is 1. The summed E-state index contributed by atoms with van der Waals surface area (Å²) in [6.07, 6.45) is 2.45. The fourth-order valence-corrected chi connectivity index (χ4v) is 3.02. The fourth-order valence-electron chi connectivity index (χ4n) is 2.43. The van der Waals surface area contributed by atoms with Gasteiger partial charge in [-0.3, -0.25) is 0 Å². The van der Waals surface area contributed by atoms with E-state index in [1.807, 2.05) is 12.1 Å². The van der Waals surface area contributed by atoms with Gasteiger partial charge in [0.1, 0.15) is 0 Å². The molecule has 18 heavy (non-hydrogen) atoms. The molecule has 1 atom stereocenters. The van der Waals surface area contributed by atoms with E-state index in [0.717, 1.165) is 47.3 Å². The molecule has 1 unspecified atom stereocenters. The lowest BCUT2D eigenvalue weighted by atomic mass is 10.1. The van der Waals surface area contributed by atoms with E-state index >= 15 is 0 Å². The topological polar surface area (TPSA) is 15.3 Å². The minimum atomic E-state index is 0.742. The zero-order valence-electron chi connectivity index (χ0n) is 10.8. The van der Waals surface area contributed by atoms with Crippen LogP contribution in [0.2, 0.25) is 5.02 Å². The summed E-state index contributed by atoms with van der Waals surface area (Å²) < 4.78 is 1.09. The van der Waals surface area contributed by atoms with Gasteiger partial charge in [0, 0.05) is 17.6 Å². The van der Waals surface area contributed by atoms with E-state index in [1.54, 1.807) is 0 Å². The zero-order valence-corrected chi connectivity index (χ0v) is 13.1. The van der Waals surface area contributed by atoms with Gasteiger partial charge in [-0.1, -0.05) is 34.5 Å². The number of anilines is 1.